The van der Waals surface area contributed by atoms with Crippen molar-refractivity contribution in [2.24, 2.45) is 5.92 Å². The van der Waals surface area contributed by atoms with E-state index in [1.54, 1.807) is 7.11 Å². The average molecular weight is 283 g/mol. The van der Waals surface area contributed by atoms with Gasteiger partial charge in [0.15, 0.2) is 11.5 Å². The van der Waals surface area contributed by atoms with E-state index >= 15 is 0 Å². The summed E-state index contributed by atoms with van der Waals surface area (Å²) >= 11 is 0. The molecule has 3 heteroatoms. The van der Waals surface area contributed by atoms with Crippen LogP contribution in [0.15, 0.2) is 54.6 Å². The fourth-order valence-corrected chi connectivity index (χ4v) is 2.87. The predicted octanol–water partition coefficient (Wildman–Crippen LogP) is 3.42. The van der Waals surface area contributed by atoms with Crippen molar-refractivity contribution < 1.29 is 9.47 Å². The molecule has 0 spiro atoms. The molecule has 0 bridgehead atoms. The van der Waals surface area contributed by atoms with Gasteiger partial charge in [-0.05, 0) is 30.7 Å². The molecule has 0 saturated carbocycles. The summed E-state index contributed by atoms with van der Waals surface area (Å²) in [6.45, 7) is 2.05. The van der Waals surface area contributed by atoms with Crippen molar-refractivity contribution in [2.75, 3.05) is 20.2 Å². The number of ether oxygens (including phenoxy) is 2. The van der Waals surface area contributed by atoms with Gasteiger partial charge in [0.1, 0.15) is 6.10 Å². The van der Waals surface area contributed by atoms with Crippen LogP contribution in [-0.4, -0.2) is 20.2 Å². The van der Waals surface area contributed by atoms with Crippen LogP contribution >= 0.6 is 0 Å². The highest BCUT2D eigenvalue weighted by Crippen LogP contribution is 2.35. The van der Waals surface area contributed by atoms with Crippen LogP contribution in [0.1, 0.15) is 18.1 Å². The second-order valence-electron chi connectivity index (χ2n) is 5.35. The van der Waals surface area contributed by atoms with Gasteiger partial charge in [0.25, 0.3) is 0 Å². The van der Waals surface area contributed by atoms with E-state index in [0.717, 1.165) is 31.0 Å². The number of hydrogen-bond acceptors (Lipinski definition) is 3. The van der Waals surface area contributed by atoms with E-state index in [1.807, 2.05) is 30.3 Å². The average Bonchev–Trinajstić information content (AvgIpc) is 3.08. The number of nitrogens with one attached hydrogen (secondary N) is 1. The Kier molecular flexibility index (Phi) is 4.41. The SMILES string of the molecule is COc1ccccc1O[C@H](c1ccccc1)[C@H]1CCNC1. The van der Waals surface area contributed by atoms with Crippen LogP contribution in [0, 0.1) is 5.92 Å². The lowest BCUT2D eigenvalue weighted by molar-refractivity contribution is 0.139. The fourth-order valence-electron chi connectivity index (χ4n) is 2.87. The first-order chi connectivity index (χ1) is 10.4. The highest BCUT2D eigenvalue weighted by Gasteiger charge is 2.28. The maximum absolute atomic E-state index is 6.34. The molecule has 1 aliphatic rings. The molecule has 2 aromatic rings. The minimum absolute atomic E-state index is 0.0532. The highest BCUT2D eigenvalue weighted by atomic mass is 16.5. The standard InChI is InChI=1S/C18H21NO2/c1-20-16-9-5-6-10-17(16)21-18(15-11-12-19-13-15)14-7-3-2-4-8-14/h2-10,15,18-19H,11-13H2,1H3/t15-,18+/m0/s1. The van der Waals surface area contributed by atoms with Gasteiger partial charge in [0.05, 0.1) is 7.11 Å². The molecule has 1 heterocycles. The topological polar surface area (TPSA) is 30.5 Å². The third kappa shape index (κ3) is 3.19. The predicted molar refractivity (Wildman–Crippen MR) is 83.8 cm³/mol. The Morgan fingerprint density at radius 3 is 2.38 bits per heavy atom. The molecule has 1 saturated heterocycles. The Morgan fingerprint density at radius 1 is 1.00 bits per heavy atom. The van der Waals surface area contributed by atoms with Crippen LogP contribution < -0.4 is 14.8 Å². The molecule has 21 heavy (non-hydrogen) atoms. The van der Waals surface area contributed by atoms with E-state index < -0.39 is 0 Å². The van der Waals surface area contributed by atoms with Crippen molar-refractivity contribution in [1.82, 2.24) is 5.32 Å². The summed E-state index contributed by atoms with van der Waals surface area (Å²) in [5.74, 6) is 2.07. The molecule has 2 atom stereocenters. The van der Waals surface area contributed by atoms with Gasteiger partial charge in [-0.2, -0.15) is 0 Å². The first kappa shape index (κ1) is 14.0. The van der Waals surface area contributed by atoms with Gasteiger partial charge in [-0.3, -0.25) is 0 Å². The first-order valence-corrected chi connectivity index (χ1v) is 7.44. The second-order valence-corrected chi connectivity index (χ2v) is 5.35. The molecule has 0 radical (unpaired) electrons. The smallest absolute Gasteiger partial charge is 0.162 e. The van der Waals surface area contributed by atoms with E-state index in [1.165, 1.54) is 5.56 Å². The molecule has 1 N–H and O–H groups in total. The normalized spacial score (nSPS) is 19.2. The Labute approximate surface area is 125 Å². The van der Waals surface area contributed by atoms with Gasteiger partial charge in [0, 0.05) is 12.5 Å². The Bertz CT molecular complexity index is 564. The molecule has 3 nitrogen and oxygen atoms in total. The summed E-state index contributed by atoms with van der Waals surface area (Å²) < 4.78 is 11.7. The Hall–Kier alpha value is -2.00. The third-order valence-electron chi connectivity index (χ3n) is 3.98. The maximum Gasteiger partial charge on any atom is 0.162 e. The van der Waals surface area contributed by atoms with Gasteiger partial charge in [-0.25, -0.2) is 0 Å². The van der Waals surface area contributed by atoms with Gasteiger partial charge in [-0.1, -0.05) is 42.5 Å². The lowest BCUT2D eigenvalue weighted by Crippen LogP contribution is -2.21. The summed E-state index contributed by atoms with van der Waals surface area (Å²) in [7, 11) is 1.68. The van der Waals surface area contributed by atoms with E-state index in [0.29, 0.717) is 5.92 Å². The second kappa shape index (κ2) is 6.64. The molecular weight excluding hydrogens is 262 g/mol. The quantitative estimate of drug-likeness (QED) is 0.912. The molecule has 1 fully saturated rings. The first-order valence-electron chi connectivity index (χ1n) is 7.44. The van der Waals surface area contributed by atoms with Crippen LogP contribution in [0.25, 0.3) is 0 Å². The zero-order chi connectivity index (χ0) is 14.5. The van der Waals surface area contributed by atoms with Gasteiger partial charge in [0.2, 0.25) is 0 Å². The summed E-state index contributed by atoms with van der Waals surface area (Å²) in [6.07, 6.45) is 1.19. The van der Waals surface area contributed by atoms with Crippen molar-refractivity contribution in [3.63, 3.8) is 0 Å². The van der Waals surface area contributed by atoms with Gasteiger partial charge < -0.3 is 14.8 Å². The van der Waals surface area contributed by atoms with E-state index in [4.69, 9.17) is 9.47 Å². The lowest BCUT2D eigenvalue weighted by Gasteiger charge is -2.25. The zero-order valence-electron chi connectivity index (χ0n) is 12.3. The van der Waals surface area contributed by atoms with E-state index in [-0.39, 0.29) is 6.10 Å². The van der Waals surface area contributed by atoms with Crippen LogP contribution in [0.3, 0.4) is 0 Å². The molecule has 2 aromatic carbocycles. The van der Waals surface area contributed by atoms with Gasteiger partial charge in [-0.15, -0.1) is 0 Å². The molecule has 110 valence electrons. The zero-order valence-corrected chi connectivity index (χ0v) is 12.3. The van der Waals surface area contributed by atoms with Crippen molar-refractivity contribution in [2.45, 2.75) is 12.5 Å². The van der Waals surface area contributed by atoms with Crippen molar-refractivity contribution in [3.05, 3.63) is 60.2 Å². The van der Waals surface area contributed by atoms with Crippen LogP contribution in [0.2, 0.25) is 0 Å². The number of hydrogen-bond donors (Lipinski definition) is 1. The van der Waals surface area contributed by atoms with Crippen molar-refractivity contribution in [1.29, 1.82) is 0 Å². The minimum Gasteiger partial charge on any atom is -0.493 e. The van der Waals surface area contributed by atoms with Crippen molar-refractivity contribution >= 4 is 0 Å². The largest absolute Gasteiger partial charge is 0.493 e. The molecular formula is C18H21NO2. The van der Waals surface area contributed by atoms with Crippen LogP contribution in [-0.2, 0) is 0 Å². The molecule has 0 amide bonds. The number of rotatable bonds is 5. The van der Waals surface area contributed by atoms with Crippen LogP contribution in [0.5, 0.6) is 11.5 Å². The number of para-hydroxylation sites is 2. The van der Waals surface area contributed by atoms with E-state index in [2.05, 4.69) is 29.6 Å². The lowest BCUT2D eigenvalue weighted by atomic mass is 9.95. The molecule has 3 rings (SSSR count). The monoisotopic (exact) mass is 283 g/mol. The molecule has 0 unspecified atom stereocenters. The number of benzene rings is 2. The minimum atomic E-state index is 0.0532. The maximum atomic E-state index is 6.34. The van der Waals surface area contributed by atoms with E-state index in [9.17, 15) is 0 Å². The summed E-state index contributed by atoms with van der Waals surface area (Å²) in [4.78, 5) is 0. The molecule has 0 aromatic heterocycles. The summed E-state index contributed by atoms with van der Waals surface area (Å²) in [5, 5.41) is 3.43. The summed E-state index contributed by atoms with van der Waals surface area (Å²) in [5.41, 5.74) is 1.22. The Balaban J connectivity index is 1.88. The third-order valence-corrected chi connectivity index (χ3v) is 3.98. The van der Waals surface area contributed by atoms with Gasteiger partial charge >= 0.3 is 0 Å². The van der Waals surface area contributed by atoms with Crippen LogP contribution in [0.4, 0.5) is 0 Å². The molecule has 0 aliphatic carbocycles. The highest BCUT2D eigenvalue weighted by molar-refractivity contribution is 5.40. The van der Waals surface area contributed by atoms with Crippen molar-refractivity contribution in [3.8, 4) is 11.5 Å². The molecule has 1 aliphatic heterocycles. The fraction of sp³-hybridized carbons (Fsp3) is 0.333. The summed E-state index contributed by atoms with van der Waals surface area (Å²) in [6, 6.07) is 18.3. The Morgan fingerprint density at radius 2 is 1.71 bits per heavy atom. The number of methoxy groups -OCH3 is 1.